The van der Waals surface area contributed by atoms with E-state index in [1.54, 1.807) is 23.9 Å². The lowest BCUT2D eigenvalue weighted by Crippen LogP contribution is -2.24. The van der Waals surface area contributed by atoms with E-state index in [0.717, 1.165) is 23.5 Å². The fraction of sp³-hybridized carbons (Fsp3) is 0.364. The molecule has 0 unspecified atom stereocenters. The molecule has 16 heavy (non-hydrogen) atoms. The Labute approximate surface area is 105 Å². The number of thioether (sulfide) groups is 1. The fourth-order valence-electron chi connectivity index (χ4n) is 1.40. The third-order valence-electron chi connectivity index (χ3n) is 2.29. The molecular formula is C11H16ClN3S. The normalized spacial score (nSPS) is 10.2. The van der Waals surface area contributed by atoms with Gasteiger partial charge in [0.2, 0.25) is 0 Å². The second-order valence-corrected chi connectivity index (χ2v) is 4.91. The van der Waals surface area contributed by atoms with Crippen molar-refractivity contribution in [3.63, 3.8) is 0 Å². The van der Waals surface area contributed by atoms with Gasteiger partial charge in [0.15, 0.2) is 0 Å². The molecule has 3 N–H and O–H groups in total. The summed E-state index contributed by atoms with van der Waals surface area (Å²) >= 11 is 7.74. The van der Waals surface area contributed by atoms with Crippen molar-refractivity contribution in [2.24, 2.45) is 5.73 Å². The second kappa shape index (κ2) is 6.01. The number of hydrogen-bond donors (Lipinski definition) is 2. The van der Waals surface area contributed by atoms with Crippen LogP contribution in [0.4, 0.5) is 5.69 Å². The quantitative estimate of drug-likeness (QED) is 0.629. The van der Waals surface area contributed by atoms with E-state index in [2.05, 4.69) is 11.2 Å². The SMILES string of the molecule is CSCCN(C)c1cc(Cl)ccc1C(=N)N. The number of nitrogen functional groups attached to an aromatic ring is 1. The highest BCUT2D eigenvalue weighted by atomic mass is 35.5. The minimum Gasteiger partial charge on any atom is -0.384 e. The van der Waals surface area contributed by atoms with Crippen LogP contribution in [0, 0.1) is 5.41 Å². The Kier molecular flexibility index (Phi) is 4.96. The molecule has 0 aliphatic carbocycles. The molecule has 5 heteroatoms. The van der Waals surface area contributed by atoms with Crippen LogP contribution in [0.3, 0.4) is 0 Å². The third kappa shape index (κ3) is 3.32. The van der Waals surface area contributed by atoms with Crippen molar-refractivity contribution in [2.45, 2.75) is 0 Å². The summed E-state index contributed by atoms with van der Waals surface area (Å²) in [5, 5.41) is 8.18. The zero-order chi connectivity index (χ0) is 12.1. The highest BCUT2D eigenvalue weighted by molar-refractivity contribution is 7.98. The van der Waals surface area contributed by atoms with Crippen molar-refractivity contribution in [3.8, 4) is 0 Å². The maximum Gasteiger partial charge on any atom is 0.124 e. The first kappa shape index (κ1) is 13.2. The van der Waals surface area contributed by atoms with E-state index < -0.39 is 0 Å². The minimum atomic E-state index is 0.0719. The minimum absolute atomic E-state index is 0.0719. The lowest BCUT2D eigenvalue weighted by Gasteiger charge is -2.22. The zero-order valence-electron chi connectivity index (χ0n) is 9.46. The maximum atomic E-state index is 7.52. The number of anilines is 1. The van der Waals surface area contributed by atoms with Crippen molar-refractivity contribution in [1.29, 1.82) is 5.41 Å². The van der Waals surface area contributed by atoms with Gasteiger partial charge in [-0.05, 0) is 24.5 Å². The standard InChI is InChI=1S/C11H16ClN3S/c1-15(5-6-16-2)10-7-8(12)3-4-9(10)11(13)14/h3-4,7H,5-6H2,1-2H3,(H3,13,14). The van der Waals surface area contributed by atoms with Crippen LogP contribution in [0.5, 0.6) is 0 Å². The summed E-state index contributed by atoms with van der Waals surface area (Å²) in [5.74, 6) is 1.10. The predicted octanol–water partition coefficient (Wildman–Crippen LogP) is 2.42. The monoisotopic (exact) mass is 257 g/mol. The van der Waals surface area contributed by atoms with Gasteiger partial charge in [0, 0.05) is 35.6 Å². The lowest BCUT2D eigenvalue weighted by molar-refractivity contribution is 0.976. The van der Waals surface area contributed by atoms with Crippen LogP contribution in [0.2, 0.25) is 5.02 Å². The Balaban J connectivity index is 2.99. The molecule has 0 saturated carbocycles. The van der Waals surface area contributed by atoms with Crippen LogP contribution >= 0.6 is 23.4 Å². The van der Waals surface area contributed by atoms with Gasteiger partial charge in [-0.15, -0.1) is 0 Å². The van der Waals surface area contributed by atoms with Gasteiger partial charge in [-0.1, -0.05) is 11.6 Å². The Hall–Kier alpha value is -0.870. The van der Waals surface area contributed by atoms with Gasteiger partial charge in [-0.3, -0.25) is 5.41 Å². The molecule has 0 aliphatic heterocycles. The van der Waals surface area contributed by atoms with Crippen molar-refractivity contribution in [1.82, 2.24) is 0 Å². The molecule has 0 saturated heterocycles. The fourth-order valence-corrected chi connectivity index (χ4v) is 2.02. The first-order valence-electron chi connectivity index (χ1n) is 4.90. The van der Waals surface area contributed by atoms with E-state index in [9.17, 15) is 0 Å². The zero-order valence-corrected chi connectivity index (χ0v) is 11.0. The number of amidine groups is 1. The molecule has 3 nitrogen and oxygen atoms in total. The molecule has 1 aromatic rings. The average molecular weight is 258 g/mol. The molecule has 0 aliphatic rings. The summed E-state index contributed by atoms with van der Waals surface area (Å²) in [7, 11) is 1.98. The Bertz CT molecular complexity index is 381. The highest BCUT2D eigenvalue weighted by Crippen LogP contribution is 2.23. The van der Waals surface area contributed by atoms with Gasteiger partial charge < -0.3 is 10.6 Å². The number of nitrogens with zero attached hydrogens (tertiary/aromatic N) is 1. The first-order chi connectivity index (χ1) is 7.56. The van der Waals surface area contributed by atoms with Gasteiger partial charge in [0.05, 0.1) is 0 Å². The third-order valence-corrected chi connectivity index (χ3v) is 3.12. The molecule has 0 amide bonds. The van der Waals surface area contributed by atoms with E-state index in [1.165, 1.54) is 0 Å². The number of benzene rings is 1. The Morgan fingerprint density at radius 3 is 2.81 bits per heavy atom. The number of nitrogens with one attached hydrogen (secondary N) is 1. The highest BCUT2D eigenvalue weighted by Gasteiger charge is 2.10. The van der Waals surface area contributed by atoms with Gasteiger partial charge in [-0.2, -0.15) is 11.8 Å². The van der Waals surface area contributed by atoms with E-state index in [1.807, 2.05) is 13.1 Å². The summed E-state index contributed by atoms with van der Waals surface area (Å²) in [6, 6.07) is 5.39. The topological polar surface area (TPSA) is 53.1 Å². The summed E-state index contributed by atoms with van der Waals surface area (Å²) in [4.78, 5) is 2.07. The maximum absolute atomic E-state index is 7.52. The van der Waals surface area contributed by atoms with Crippen LogP contribution in [0.1, 0.15) is 5.56 Å². The van der Waals surface area contributed by atoms with Crippen molar-refractivity contribution < 1.29 is 0 Å². The van der Waals surface area contributed by atoms with Gasteiger partial charge in [0.25, 0.3) is 0 Å². The molecule has 0 spiro atoms. The molecule has 0 aromatic heterocycles. The summed E-state index contributed by atoms with van der Waals surface area (Å²) in [6.45, 7) is 0.905. The number of halogens is 1. The smallest absolute Gasteiger partial charge is 0.124 e. The first-order valence-corrected chi connectivity index (χ1v) is 6.67. The van der Waals surface area contributed by atoms with E-state index in [0.29, 0.717) is 5.02 Å². The van der Waals surface area contributed by atoms with Gasteiger partial charge >= 0.3 is 0 Å². The summed E-state index contributed by atoms with van der Waals surface area (Å²) < 4.78 is 0. The van der Waals surface area contributed by atoms with Gasteiger partial charge in [0.1, 0.15) is 5.84 Å². The van der Waals surface area contributed by atoms with Gasteiger partial charge in [-0.25, -0.2) is 0 Å². The molecule has 0 heterocycles. The molecule has 0 bridgehead atoms. The van der Waals surface area contributed by atoms with E-state index in [-0.39, 0.29) is 5.84 Å². The molecule has 0 atom stereocenters. The number of nitrogens with two attached hydrogens (primary N) is 1. The molecule has 0 radical (unpaired) electrons. The molecular weight excluding hydrogens is 242 g/mol. The van der Waals surface area contributed by atoms with Crippen LogP contribution in [0.25, 0.3) is 0 Å². The predicted molar refractivity (Wildman–Crippen MR) is 74.1 cm³/mol. The molecule has 88 valence electrons. The van der Waals surface area contributed by atoms with Crippen LogP contribution in [0.15, 0.2) is 18.2 Å². The largest absolute Gasteiger partial charge is 0.384 e. The molecule has 1 rings (SSSR count). The van der Waals surface area contributed by atoms with E-state index in [4.69, 9.17) is 22.7 Å². The number of rotatable bonds is 5. The van der Waals surface area contributed by atoms with Crippen LogP contribution in [-0.2, 0) is 0 Å². The molecule has 1 aromatic carbocycles. The Morgan fingerprint density at radius 1 is 1.56 bits per heavy atom. The van der Waals surface area contributed by atoms with Crippen LogP contribution in [-0.4, -0.2) is 31.4 Å². The van der Waals surface area contributed by atoms with Crippen molar-refractivity contribution >= 4 is 34.9 Å². The van der Waals surface area contributed by atoms with Crippen molar-refractivity contribution in [3.05, 3.63) is 28.8 Å². The molecule has 0 fully saturated rings. The number of hydrogen-bond acceptors (Lipinski definition) is 3. The lowest BCUT2D eigenvalue weighted by atomic mass is 10.1. The Morgan fingerprint density at radius 2 is 2.25 bits per heavy atom. The summed E-state index contributed by atoms with van der Waals surface area (Å²) in [6.07, 6.45) is 2.07. The van der Waals surface area contributed by atoms with Crippen LogP contribution < -0.4 is 10.6 Å². The van der Waals surface area contributed by atoms with E-state index >= 15 is 0 Å². The summed E-state index contributed by atoms with van der Waals surface area (Å²) in [5.41, 5.74) is 7.18. The van der Waals surface area contributed by atoms with Crippen molar-refractivity contribution in [2.75, 3.05) is 30.5 Å². The average Bonchev–Trinajstić information content (AvgIpc) is 2.25. The second-order valence-electron chi connectivity index (χ2n) is 3.49.